The molecule has 4 atom stereocenters. The molecule has 6 heteroatoms. The summed E-state index contributed by atoms with van der Waals surface area (Å²) in [6, 6.07) is 2.34. The first-order valence-corrected chi connectivity index (χ1v) is 9.89. The van der Waals surface area contributed by atoms with E-state index in [1.54, 1.807) is 6.92 Å². The van der Waals surface area contributed by atoms with Crippen LogP contribution in [-0.4, -0.2) is 18.2 Å². The first kappa shape index (κ1) is 20.4. The van der Waals surface area contributed by atoms with Gasteiger partial charge < -0.3 is 4.74 Å². The van der Waals surface area contributed by atoms with Gasteiger partial charge in [0.1, 0.15) is 5.67 Å². The number of fused-ring (bicyclic) bond motifs is 1. The lowest BCUT2D eigenvalue weighted by Crippen LogP contribution is -2.36. The molecule has 2 fully saturated rings. The normalized spacial score (nSPS) is 32.8. The average Bonchev–Trinajstić information content (AvgIpc) is 2.83. The van der Waals surface area contributed by atoms with Crippen LogP contribution in [0.2, 0.25) is 0 Å². The second kappa shape index (κ2) is 7.59. The highest BCUT2D eigenvalue weighted by Gasteiger charge is 2.58. The van der Waals surface area contributed by atoms with Gasteiger partial charge in [0.2, 0.25) is 5.82 Å². The summed E-state index contributed by atoms with van der Waals surface area (Å²) < 4.78 is 79.2. The molecule has 0 saturated heterocycles. The minimum atomic E-state index is -3.43. The molecule has 0 bridgehead atoms. The molecule has 4 unspecified atom stereocenters. The van der Waals surface area contributed by atoms with E-state index in [1.807, 2.05) is 6.92 Å². The van der Waals surface area contributed by atoms with E-state index in [-0.39, 0.29) is 43.1 Å². The third-order valence-electron chi connectivity index (χ3n) is 6.27. The fraction of sp³-hybridized carbons (Fsp3) is 0.714. The molecule has 0 amide bonds. The molecular weight excluding hydrogens is 363 g/mol. The maximum atomic E-state index is 15.5. The lowest BCUT2D eigenvalue weighted by molar-refractivity contribution is -0.0760. The number of ether oxygens (including phenoxy) is 1. The monoisotopic (exact) mass is 390 g/mol. The van der Waals surface area contributed by atoms with Crippen molar-refractivity contribution in [3.05, 3.63) is 29.3 Å². The van der Waals surface area contributed by atoms with Crippen molar-refractivity contribution in [1.29, 1.82) is 0 Å². The standard InChI is InChI=1S/C21H27F5O/c1-3-5-13-10-14-6-8-16(21(25,26)12-20(14,24)11-13)15-7-9-17(27-4-2)19(23)18(15)22/h7,9,13-14,16H,3-6,8,10-12H2,1-2H3. The highest BCUT2D eigenvalue weighted by molar-refractivity contribution is 5.34. The average molecular weight is 390 g/mol. The van der Waals surface area contributed by atoms with Gasteiger partial charge in [0, 0.05) is 12.0 Å². The Balaban J connectivity index is 1.88. The minimum absolute atomic E-state index is 0.0491. The van der Waals surface area contributed by atoms with Gasteiger partial charge in [-0.1, -0.05) is 25.8 Å². The zero-order valence-electron chi connectivity index (χ0n) is 15.8. The summed E-state index contributed by atoms with van der Waals surface area (Å²) in [4.78, 5) is 0. The summed E-state index contributed by atoms with van der Waals surface area (Å²) in [5, 5.41) is 0. The van der Waals surface area contributed by atoms with Crippen LogP contribution in [0.25, 0.3) is 0 Å². The molecule has 0 aromatic heterocycles. The van der Waals surface area contributed by atoms with Crippen molar-refractivity contribution in [2.45, 2.75) is 76.3 Å². The number of alkyl halides is 3. The molecule has 0 heterocycles. The number of halogens is 5. The van der Waals surface area contributed by atoms with E-state index >= 15 is 13.2 Å². The summed E-state index contributed by atoms with van der Waals surface area (Å²) in [5.74, 6) is -8.10. The van der Waals surface area contributed by atoms with Gasteiger partial charge in [0.15, 0.2) is 11.6 Å². The smallest absolute Gasteiger partial charge is 0.258 e. The summed E-state index contributed by atoms with van der Waals surface area (Å²) in [6.45, 7) is 3.77. The van der Waals surface area contributed by atoms with Gasteiger partial charge in [-0.15, -0.1) is 0 Å². The van der Waals surface area contributed by atoms with Gasteiger partial charge in [-0.3, -0.25) is 0 Å². The second-order valence-corrected chi connectivity index (χ2v) is 8.11. The van der Waals surface area contributed by atoms with Gasteiger partial charge in [-0.05, 0) is 50.5 Å². The number of rotatable bonds is 5. The molecule has 2 saturated carbocycles. The molecule has 0 spiro atoms. The van der Waals surface area contributed by atoms with Crippen LogP contribution in [-0.2, 0) is 0 Å². The van der Waals surface area contributed by atoms with E-state index in [4.69, 9.17) is 4.74 Å². The van der Waals surface area contributed by atoms with Gasteiger partial charge in [-0.2, -0.15) is 4.39 Å². The molecule has 152 valence electrons. The molecule has 3 rings (SSSR count). The van der Waals surface area contributed by atoms with Crippen LogP contribution in [0.5, 0.6) is 5.75 Å². The Hall–Kier alpha value is -1.33. The Morgan fingerprint density at radius 3 is 2.48 bits per heavy atom. The molecule has 0 aliphatic heterocycles. The third-order valence-corrected chi connectivity index (χ3v) is 6.27. The Labute approximate surface area is 157 Å². The number of hydrogen-bond donors (Lipinski definition) is 0. The van der Waals surface area contributed by atoms with Crippen LogP contribution < -0.4 is 4.74 Å². The molecule has 2 aliphatic carbocycles. The van der Waals surface area contributed by atoms with Crippen molar-refractivity contribution >= 4 is 0 Å². The van der Waals surface area contributed by atoms with E-state index in [2.05, 4.69) is 0 Å². The first-order valence-electron chi connectivity index (χ1n) is 9.89. The summed E-state index contributed by atoms with van der Waals surface area (Å²) >= 11 is 0. The van der Waals surface area contributed by atoms with Crippen molar-refractivity contribution in [1.82, 2.24) is 0 Å². The molecule has 27 heavy (non-hydrogen) atoms. The van der Waals surface area contributed by atoms with Crippen LogP contribution in [0.4, 0.5) is 22.0 Å². The molecular formula is C21H27F5O. The van der Waals surface area contributed by atoms with Crippen molar-refractivity contribution in [3.63, 3.8) is 0 Å². The maximum Gasteiger partial charge on any atom is 0.258 e. The van der Waals surface area contributed by atoms with E-state index < -0.39 is 41.5 Å². The Morgan fingerprint density at radius 1 is 1.07 bits per heavy atom. The summed E-state index contributed by atoms with van der Waals surface area (Å²) in [5.41, 5.74) is -2.30. The maximum absolute atomic E-state index is 15.5. The molecule has 2 aliphatic rings. The molecule has 1 aromatic carbocycles. The van der Waals surface area contributed by atoms with E-state index in [0.717, 1.165) is 18.9 Å². The zero-order valence-corrected chi connectivity index (χ0v) is 15.8. The number of benzene rings is 1. The lowest BCUT2D eigenvalue weighted by atomic mass is 9.85. The van der Waals surface area contributed by atoms with E-state index in [0.29, 0.717) is 6.42 Å². The van der Waals surface area contributed by atoms with Crippen molar-refractivity contribution in [2.75, 3.05) is 6.61 Å². The predicted octanol–water partition coefficient (Wildman–Crippen LogP) is 6.80. The van der Waals surface area contributed by atoms with Gasteiger partial charge in [0.25, 0.3) is 5.92 Å². The van der Waals surface area contributed by atoms with Crippen LogP contribution >= 0.6 is 0 Å². The Kier molecular flexibility index (Phi) is 5.74. The first-order chi connectivity index (χ1) is 12.7. The summed E-state index contributed by atoms with van der Waals surface area (Å²) in [7, 11) is 0. The molecule has 1 aromatic rings. The molecule has 0 N–H and O–H groups in total. The predicted molar refractivity (Wildman–Crippen MR) is 94.0 cm³/mol. The van der Waals surface area contributed by atoms with Crippen molar-refractivity contribution in [2.24, 2.45) is 11.8 Å². The highest BCUT2D eigenvalue weighted by Crippen LogP contribution is 2.57. The Bertz CT molecular complexity index is 677. The van der Waals surface area contributed by atoms with E-state index in [1.165, 1.54) is 6.07 Å². The molecule has 0 radical (unpaired) electrons. The second-order valence-electron chi connectivity index (χ2n) is 8.11. The highest BCUT2D eigenvalue weighted by atomic mass is 19.3. The SMILES string of the molecule is CCCC1CC2CCC(c3ccc(OCC)c(F)c3F)C(F)(F)CC2(F)C1. The van der Waals surface area contributed by atoms with Crippen LogP contribution in [0, 0.1) is 23.5 Å². The van der Waals surface area contributed by atoms with Gasteiger partial charge in [-0.25, -0.2) is 17.6 Å². The van der Waals surface area contributed by atoms with Crippen molar-refractivity contribution < 1.29 is 26.7 Å². The van der Waals surface area contributed by atoms with Gasteiger partial charge >= 0.3 is 0 Å². The fourth-order valence-electron chi connectivity index (χ4n) is 5.12. The van der Waals surface area contributed by atoms with E-state index in [9.17, 15) is 8.78 Å². The van der Waals surface area contributed by atoms with Crippen LogP contribution in [0.1, 0.15) is 70.3 Å². The summed E-state index contributed by atoms with van der Waals surface area (Å²) in [6.07, 6.45) is 1.81. The number of hydrogen-bond acceptors (Lipinski definition) is 1. The Morgan fingerprint density at radius 2 is 1.81 bits per heavy atom. The van der Waals surface area contributed by atoms with Crippen LogP contribution in [0.15, 0.2) is 12.1 Å². The van der Waals surface area contributed by atoms with Crippen molar-refractivity contribution in [3.8, 4) is 5.75 Å². The van der Waals surface area contributed by atoms with Gasteiger partial charge in [0.05, 0.1) is 12.5 Å². The fourth-order valence-corrected chi connectivity index (χ4v) is 5.12. The topological polar surface area (TPSA) is 9.23 Å². The minimum Gasteiger partial charge on any atom is -0.491 e. The van der Waals surface area contributed by atoms with Crippen LogP contribution in [0.3, 0.4) is 0 Å². The largest absolute Gasteiger partial charge is 0.491 e. The lowest BCUT2D eigenvalue weighted by Gasteiger charge is -2.30. The molecule has 1 nitrogen and oxygen atoms in total. The quantitative estimate of drug-likeness (QED) is 0.502. The third kappa shape index (κ3) is 3.81. The zero-order chi connectivity index (χ0) is 19.8.